The summed E-state index contributed by atoms with van der Waals surface area (Å²) in [5.41, 5.74) is -1.86. The van der Waals surface area contributed by atoms with Crippen molar-refractivity contribution < 1.29 is 38.1 Å². The maximum absolute atomic E-state index is 11.9. The van der Waals surface area contributed by atoms with Gasteiger partial charge in [0.05, 0.1) is 10.8 Å². The Kier molecular flexibility index (Phi) is 20.0. The molecule has 43 heavy (non-hydrogen) atoms. The SMILES string of the molecule is CC.CC.CCC(C)(C)C(=O)OCC(=O)OC(C)(CC)C1CC1.CCC(C)(C)C(=O)OCC(=O)OC(CC)(CC)C1CC1. The van der Waals surface area contributed by atoms with Gasteiger partial charge in [-0.1, -0.05) is 62.3 Å². The molecule has 8 heteroatoms. The van der Waals surface area contributed by atoms with Gasteiger partial charge in [0.1, 0.15) is 11.2 Å². The fourth-order valence-corrected chi connectivity index (χ4v) is 4.28. The van der Waals surface area contributed by atoms with Crippen LogP contribution in [0.2, 0.25) is 0 Å². The lowest BCUT2D eigenvalue weighted by Crippen LogP contribution is -2.38. The van der Waals surface area contributed by atoms with E-state index in [2.05, 4.69) is 0 Å². The van der Waals surface area contributed by atoms with E-state index in [1.807, 2.05) is 83.1 Å². The first-order valence-electron chi connectivity index (χ1n) is 16.8. The molecule has 0 heterocycles. The molecular weight excluding hydrogens is 548 g/mol. The first-order valence-corrected chi connectivity index (χ1v) is 16.8. The Bertz CT molecular complexity index is 835. The molecule has 2 aliphatic carbocycles. The van der Waals surface area contributed by atoms with E-state index in [1.54, 1.807) is 13.8 Å². The van der Waals surface area contributed by atoms with Crippen LogP contribution >= 0.6 is 0 Å². The van der Waals surface area contributed by atoms with Crippen molar-refractivity contribution in [3.8, 4) is 0 Å². The Morgan fingerprint density at radius 1 is 0.535 bits per heavy atom. The molecule has 0 bridgehead atoms. The van der Waals surface area contributed by atoms with Crippen LogP contribution in [0.1, 0.15) is 155 Å². The van der Waals surface area contributed by atoms with Crippen molar-refractivity contribution in [3.05, 3.63) is 0 Å². The zero-order chi connectivity index (χ0) is 34.1. The van der Waals surface area contributed by atoms with Crippen LogP contribution in [0.3, 0.4) is 0 Å². The summed E-state index contributed by atoms with van der Waals surface area (Å²) in [6, 6.07) is 0. The van der Waals surface area contributed by atoms with Gasteiger partial charge in [0.25, 0.3) is 0 Å². The minimum atomic E-state index is -0.552. The molecule has 0 spiro atoms. The third-order valence-corrected chi connectivity index (χ3v) is 8.84. The van der Waals surface area contributed by atoms with Gasteiger partial charge in [-0.15, -0.1) is 0 Å². The molecule has 1 unspecified atom stereocenters. The lowest BCUT2D eigenvalue weighted by atomic mass is 9.91. The lowest BCUT2D eigenvalue weighted by molar-refractivity contribution is -0.176. The molecule has 8 nitrogen and oxygen atoms in total. The lowest BCUT2D eigenvalue weighted by Gasteiger charge is -2.32. The molecule has 2 aliphatic rings. The third kappa shape index (κ3) is 14.5. The number of rotatable bonds is 15. The second-order valence-corrected chi connectivity index (χ2v) is 12.6. The topological polar surface area (TPSA) is 105 Å². The largest absolute Gasteiger partial charge is 0.457 e. The van der Waals surface area contributed by atoms with Crippen molar-refractivity contribution in [1.29, 1.82) is 0 Å². The second kappa shape index (κ2) is 20.0. The van der Waals surface area contributed by atoms with Crippen LogP contribution in [0, 0.1) is 22.7 Å². The van der Waals surface area contributed by atoms with Gasteiger partial charge in [0.15, 0.2) is 13.2 Å². The van der Waals surface area contributed by atoms with E-state index in [-0.39, 0.29) is 30.8 Å². The summed E-state index contributed by atoms with van der Waals surface area (Å²) in [6.45, 7) is 26.6. The fraction of sp³-hybridized carbons (Fsp3) is 0.886. The van der Waals surface area contributed by atoms with Crippen LogP contribution in [0.5, 0.6) is 0 Å². The van der Waals surface area contributed by atoms with Gasteiger partial charge < -0.3 is 18.9 Å². The Morgan fingerprint density at radius 3 is 1.16 bits per heavy atom. The standard InChI is InChI=1S/C16H28O4.C15H26O4.2C2H6/c1-6-15(4,5)14(18)19-11-13(17)20-16(7-2,8-3)12-9-10-12;1-6-14(3,4)13(17)18-10-12(16)19-15(5,7-2)11-8-9-11;2*1-2/h12H,6-11H2,1-5H3;11H,6-10H2,1-5H3;2*1-2H3. The van der Waals surface area contributed by atoms with Gasteiger partial charge in [-0.2, -0.15) is 0 Å². The van der Waals surface area contributed by atoms with E-state index < -0.39 is 28.4 Å². The quantitative estimate of drug-likeness (QED) is 0.133. The van der Waals surface area contributed by atoms with E-state index >= 15 is 0 Å². The monoisotopic (exact) mass is 614 g/mol. The highest BCUT2D eigenvalue weighted by Gasteiger charge is 2.46. The average Bonchev–Trinajstić information content (AvgIpc) is 3.92. The summed E-state index contributed by atoms with van der Waals surface area (Å²) in [6.07, 6.45) is 8.24. The molecule has 254 valence electrons. The Hall–Kier alpha value is -2.12. The molecular formula is C35H66O8. The number of carbonyl (C=O) groups excluding carboxylic acids is 4. The first kappa shape index (κ1) is 43.0. The van der Waals surface area contributed by atoms with Crippen molar-refractivity contribution in [3.63, 3.8) is 0 Å². The van der Waals surface area contributed by atoms with E-state index in [9.17, 15) is 19.2 Å². The number of esters is 4. The Morgan fingerprint density at radius 2 is 0.884 bits per heavy atom. The number of carbonyl (C=O) groups is 4. The molecule has 0 radical (unpaired) electrons. The van der Waals surface area contributed by atoms with Crippen LogP contribution in [-0.4, -0.2) is 48.3 Å². The summed E-state index contributed by atoms with van der Waals surface area (Å²) < 4.78 is 21.3. The zero-order valence-electron chi connectivity index (χ0n) is 30.2. The molecule has 1 atom stereocenters. The van der Waals surface area contributed by atoms with Crippen molar-refractivity contribution in [2.24, 2.45) is 22.7 Å². The third-order valence-electron chi connectivity index (χ3n) is 8.84. The number of hydrogen-bond acceptors (Lipinski definition) is 8. The average molecular weight is 615 g/mol. The van der Waals surface area contributed by atoms with Crippen molar-refractivity contribution >= 4 is 23.9 Å². The highest BCUT2D eigenvalue weighted by molar-refractivity contribution is 5.80. The molecule has 0 aliphatic heterocycles. The molecule has 2 rings (SSSR count). The molecule has 0 N–H and O–H groups in total. The van der Waals surface area contributed by atoms with E-state index in [0.29, 0.717) is 24.7 Å². The number of ether oxygens (including phenoxy) is 4. The summed E-state index contributed by atoms with van der Waals surface area (Å²) in [5, 5.41) is 0. The van der Waals surface area contributed by atoms with Crippen LogP contribution in [-0.2, 0) is 38.1 Å². The normalized spacial score (nSPS) is 15.9. The predicted molar refractivity (Wildman–Crippen MR) is 172 cm³/mol. The Labute approximate surface area is 263 Å². The van der Waals surface area contributed by atoms with E-state index in [4.69, 9.17) is 18.9 Å². The molecule has 0 amide bonds. The Balaban J connectivity index is 0. The second-order valence-electron chi connectivity index (χ2n) is 12.6. The zero-order valence-corrected chi connectivity index (χ0v) is 30.2. The predicted octanol–water partition coefficient (Wildman–Crippen LogP) is 8.62. The number of hydrogen-bond donors (Lipinski definition) is 0. The molecule has 0 saturated heterocycles. The van der Waals surface area contributed by atoms with Gasteiger partial charge >= 0.3 is 23.9 Å². The van der Waals surface area contributed by atoms with Gasteiger partial charge in [-0.3, -0.25) is 9.59 Å². The van der Waals surface area contributed by atoms with Gasteiger partial charge in [0, 0.05) is 0 Å². The van der Waals surface area contributed by atoms with Crippen LogP contribution < -0.4 is 0 Å². The smallest absolute Gasteiger partial charge is 0.344 e. The summed E-state index contributed by atoms with van der Waals surface area (Å²) >= 11 is 0. The highest BCUT2D eigenvalue weighted by atomic mass is 16.6. The van der Waals surface area contributed by atoms with Gasteiger partial charge in [-0.25, -0.2) is 9.59 Å². The molecule has 0 aromatic heterocycles. The molecule has 0 aromatic rings. The molecule has 2 saturated carbocycles. The maximum atomic E-state index is 11.9. The molecule has 0 aromatic carbocycles. The van der Waals surface area contributed by atoms with E-state index in [1.165, 1.54) is 0 Å². The van der Waals surface area contributed by atoms with Crippen molar-refractivity contribution in [2.45, 2.75) is 166 Å². The minimum absolute atomic E-state index is 0.281. The first-order chi connectivity index (χ1) is 20.1. The highest BCUT2D eigenvalue weighted by Crippen LogP contribution is 2.46. The van der Waals surface area contributed by atoms with Crippen LogP contribution in [0.25, 0.3) is 0 Å². The summed E-state index contributed by atoms with van der Waals surface area (Å²) in [7, 11) is 0. The minimum Gasteiger partial charge on any atom is -0.457 e. The maximum Gasteiger partial charge on any atom is 0.344 e. The van der Waals surface area contributed by atoms with Gasteiger partial charge in [0.2, 0.25) is 0 Å². The molecule has 2 fully saturated rings. The fourth-order valence-electron chi connectivity index (χ4n) is 4.28. The van der Waals surface area contributed by atoms with Gasteiger partial charge in [-0.05, 0) is 104 Å². The van der Waals surface area contributed by atoms with Crippen molar-refractivity contribution in [1.82, 2.24) is 0 Å². The van der Waals surface area contributed by atoms with Crippen molar-refractivity contribution in [2.75, 3.05) is 13.2 Å². The van der Waals surface area contributed by atoms with Crippen LogP contribution in [0.4, 0.5) is 0 Å². The van der Waals surface area contributed by atoms with Crippen LogP contribution in [0.15, 0.2) is 0 Å². The van der Waals surface area contributed by atoms with E-state index in [0.717, 1.165) is 44.9 Å². The summed E-state index contributed by atoms with van der Waals surface area (Å²) in [4.78, 5) is 47.3. The summed E-state index contributed by atoms with van der Waals surface area (Å²) in [5.74, 6) is -0.635.